The molecule has 4 atom stereocenters. The first-order valence-electron chi connectivity index (χ1n) is 13.0. The van der Waals surface area contributed by atoms with E-state index in [9.17, 15) is 9.90 Å². The molecule has 0 aliphatic carbocycles. The van der Waals surface area contributed by atoms with Crippen LogP contribution in [0.3, 0.4) is 0 Å². The Morgan fingerprint density at radius 3 is 2.09 bits per heavy atom. The summed E-state index contributed by atoms with van der Waals surface area (Å²) in [6.45, 7) is 12.2. The number of aliphatic hydroxyl groups excluding tert-OH is 1. The first-order valence-corrected chi connectivity index (χ1v) is 13.0. The van der Waals surface area contributed by atoms with Crippen LogP contribution in [0.1, 0.15) is 98.0 Å². The van der Waals surface area contributed by atoms with E-state index in [1.165, 1.54) is 51.4 Å². The Hall–Kier alpha value is -1.39. The normalized spacial score (nSPS) is 15.3. The van der Waals surface area contributed by atoms with Crippen LogP contribution in [-0.4, -0.2) is 41.2 Å². The van der Waals surface area contributed by atoms with Crippen molar-refractivity contribution >= 4 is 5.97 Å². The van der Waals surface area contributed by atoms with E-state index in [0.29, 0.717) is 19.2 Å². The van der Waals surface area contributed by atoms with Gasteiger partial charge in [-0.25, -0.2) is 0 Å². The average molecular weight is 448 g/mol. The largest absolute Gasteiger partial charge is 0.461 e. The quantitative estimate of drug-likeness (QED) is 0.203. The lowest BCUT2D eigenvalue weighted by molar-refractivity contribution is -0.151. The third kappa shape index (κ3) is 12.6. The van der Waals surface area contributed by atoms with E-state index in [2.05, 4.69) is 25.7 Å². The van der Waals surface area contributed by atoms with Gasteiger partial charge in [0.1, 0.15) is 6.61 Å². The maximum absolute atomic E-state index is 12.6. The van der Waals surface area contributed by atoms with E-state index in [1.807, 2.05) is 44.2 Å². The molecule has 0 amide bonds. The smallest absolute Gasteiger partial charge is 0.309 e. The van der Waals surface area contributed by atoms with Gasteiger partial charge in [-0.1, -0.05) is 102 Å². The Morgan fingerprint density at radius 1 is 0.906 bits per heavy atom. The van der Waals surface area contributed by atoms with E-state index in [4.69, 9.17) is 4.74 Å². The molecule has 2 unspecified atom stereocenters. The molecule has 0 radical (unpaired) electrons. The van der Waals surface area contributed by atoms with Crippen molar-refractivity contribution in [3.05, 3.63) is 35.9 Å². The molecule has 0 aliphatic heterocycles. The van der Waals surface area contributed by atoms with Gasteiger partial charge in [0.2, 0.25) is 0 Å². The summed E-state index contributed by atoms with van der Waals surface area (Å²) < 4.78 is 5.55. The molecule has 0 heterocycles. The van der Waals surface area contributed by atoms with Crippen LogP contribution in [0.4, 0.5) is 0 Å². The van der Waals surface area contributed by atoms with Crippen molar-refractivity contribution in [1.82, 2.24) is 4.90 Å². The van der Waals surface area contributed by atoms with E-state index < -0.39 is 0 Å². The second-order valence-corrected chi connectivity index (χ2v) is 9.77. The summed E-state index contributed by atoms with van der Waals surface area (Å²) in [7, 11) is 0. The zero-order valence-electron chi connectivity index (χ0n) is 21.4. The van der Waals surface area contributed by atoms with Gasteiger partial charge in [0.05, 0.1) is 12.0 Å². The zero-order valence-corrected chi connectivity index (χ0v) is 21.4. The molecule has 0 spiro atoms. The molecule has 0 fully saturated rings. The minimum absolute atomic E-state index is 0.144. The molecule has 0 bridgehead atoms. The maximum atomic E-state index is 12.6. The molecule has 32 heavy (non-hydrogen) atoms. The molecule has 0 saturated heterocycles. The Morgan fingerprint density at radius 2 is 1.50 bits per heavy atom. The van der Waals surface area contributed by atoms with Gasteiger partial charge >= 0.3 is 5.97 Å². The molecule has 4 heteroatoms. The van der Waals surface area contributed by atoms with Gasteiger partial charge < -0.3 is 9.84 Å². The Balaban J connectivity index is 2.42. The Kier molecular flexibility index (Phi) is 15.3. The number of nitrogens with zero attached hydrogens (tertiary/aromatic N) is 1. The van der Waals surface area contributed by atoms with Crippen LogP contribution in [0.25, 0.3) is 0 Å². The van der Waals surface area contributed by atoms with Crippen LogP contribution in [0.15, 0.2) is 30.3 Å². The van der Waals surface area contributed by atoms with Crippen molar-refractivity contribution in [1.29, 1.82) is 0 Å². The lowest BCUT2D eigenvalue weighted by Crippen LogP contribution is -2.42. The SMILES string of the molecule is CCCCCCCCCCC(C)N(CC(C)[C@@H](C)C(=O)OCc1ccccc1)C[C@H](C)O. The Labute approximate surface area is 197 Å². The van der Waals surface area contributed by atoms with Crippen molar-refractivity contribution < 1.29 is 14.6 Å². The van der Waals surface area contributed by atoms with Gasteiger partial charge in [-0.15, -0.1) is 0 Å². The fourth-order valence-corrected chi connectivity index (χ4v) is 4.15. The number of rotatable bonds is 18. The van der Waals surface area contributed by atoms with Gasteiger partial charge in [-0.2, -0.15) is 0 Å². The summed E-state index contributed by atoms with van der Waals surface area (Å²) in [5.41, 5.74) is 1.01. The van der Waals surface area contributed by atoms with Crippen LogP contribution in [-0.2, 0) is 16.1 Å². The highest BCUT2D eigenvalue weighted by Crippen LogP contribution is 2.20. The van der Waals surface area contributed by atoms with Gasteiger partial charge in [0.25, 0.3) is 0 Å². The predicted octanol–water partition coefficient (Wildman–Crippen LogP) is 6.60. The number of hydrogen-bond acceptors (Lipinski definition) is 4. The topological polar surface area (TPSA) is 49.8 Å². The van der Waals surface area contributed by atoms with Crippen molar-refractivity contribution in [2.75, 3.05) is 13.1 Å². The molecule has 0 aliphatic rings. The van der Waals surface area contributed by atoms with Gasteiger partial charge in [-0.05, 0) is 31.7 Å². The van der Waals surface area contributed by atoms with E-state index >= 15 is 0 Å². The van der Waals surface area contributed by atoms with Crippen LogP contribution >= 0.6 is 0 Å². The first-order chi connectivity index (χ1) is 15.3. The molecular formula is C28H49NO3. The summed E-state index contributed by atoms with van der Waals surface area (Å²) in [4.78, 5) is 14.9. The number of aliphatic hydroxyl groups is 1. The third-order valence-electron chi connectivity index (χ3n) is 6.57. The van der Waals surface area contributed by atoms with Crippen molar-refractivity contribution in [2.45, 2.75) is 111 Å². The highest BCUT2D eigenvalue weighted by molar-refractivity contribution is 5.72. The van der Waals surface area contributed by atoms with Crippen LogP contribution in [0, 0.1) is 11.8 Å². The average Bonchev–Trinajstić information content (AvgIpc) is 2.78. The number of carbonyl (C=O) groups excluding carboxylic acids is 1. The van der Waals surface area contributed by atoms with Crippen LogP contribution < -0.4 is 0 Å². The first kappa shape index (κ1) is 28.6. The second kappa shape index (κ2) is 17.1. The molecule has 1 rings (SSSR count). The van der Waals surface area contributed by atoms with Crippen LogP contribution in [0.5, 0.6) is 0 Å². The third-order valence-corrected chi connectivity index (χ3v) is 6.57. The van der Waals surface area contributed by atoms with Gasteiger partial charge in [0, 0.05) is 19.1 Å². The predicted molar refractivity (Wildman–Crippen MR) is 135 cm³/mol. The van der Waals surface area contributed by atoms with Crippen LogP contribution in [0.2, 0.25) is 0 Å². The maximum Gasteiger partial charge on any atom is 0.309 e. The minimum atomic E-state index is -0.372. The summed E-state index contributed by atoms with van der Waals surface area (Å²) >= 11 is 0. The second-order valence-electron chi connectivity index (χ2n) is 9.77. The number of hydrogen-bond donors (Lipinski definition) is 1. The summed E-state index contributed by atoms with van der Waals surface area (Å²) in [5.74, 6) is -0.155. The molecule has 1 aromatic rings. The van der Waals surface area contributed by atoms with E-state index in [-0.39, 0.29) is 23.9 Å². The molecule has 184 valence electrons. The number of carbonyl (C=O) groups is 1. The van der Waals surface area contributed by atoms with Gasteiger partial charge in [-0.3, -0.25) is 9.69 Å². The fraction of sp³-hybridized carbons (Fsp3) is 0.750. The zero-order chi connectivity index (χ0) is 23.8. The fourth-order valence-electron chi connectivity index (χ4n) is 4.15. The number of unbranched alkanes of at least 4 members (excludes halogenated alkanes) is 7. The molecule has 0 aromatic heterocycles. The molecular weight excluding hydrogens is 398 g/mol. The summed E-state index contributed by atoms with van der Waals surface area (Å²) in [6, 6.07) is 10.2. The molecule has 0 saturated carbocycles. The van der Waals surface area contributed by atoms with E-state index in [0.717, 1.165) is 18.5 Å². The lowest BCUT2D eigenvalue weighted by atomic mass is 9.94. The molecule has 1 N–H and O–H groups in total. The van der Waals surface area contributed by atoms with Crippen molar-refractivity contribution in [2.24, 2.45) is 11.8 Å². The number of esters is 1. The molecule has 1 aromatic carbocycles. The Bertz CT molecular complexity index is 590. The minimum Gasteiger partial charge on any atom is -0.461 e. The standard InChI is InChI=1S/C28H49NO3/c1-6-7-8-9-10-11-12-14-17-24(3)29(21-25(4)30)20-23(2)26(5)28(31)32-22-27-18-15-13-16-19-27/h13,15-16,18-19,23-26,30H,6-12,14,17,20-22H2,1-5H3/t23?,24?,25-,26+/m0/s1. The lowest BCUT2D eigenvalue weighted by Gasteiger charge is -2.34. The molecule has 4 nitrogen and oxygen atoms in total. The van der Waals surface area contributed by atoms with Crippen molar-refractivity contribution in [3.8, 4) is 0 Å². The monoisotopic (exact) mass is 447 g/mol. The van der Waals surface area contributed by atoms with E-state index in [1.54, 1.807) is 0 Å². The number of ether oxygens (including phenoxy) is 1. The van der Waals surface area contributed by atoms with Crippen molar-refractivity contribution in [3.63, 3.8) is 0 Å². The summed E-state index contributed by atoms with van der Waals surface area (Å²) in [5, 5.41) is 10.0. The summed E-state index contributed by atoms with van der Waals surface area (Å²) in [6.07, 6.45) is 11.4. The highest BCUT2D eigenvalue weighted by Gasteiger charge is 2.26. The number of benzene rings is 1. The van der Waals surface area contributed by atoms with Gasteiger partial charge in [0.15, 0.2) is 0 Å². The highest BCUT2D eigenvalue weighted by atomic mass is 16.5.